The van der Waals surface area contributed by atoms with E-state index < -0.39 is 47.2 Å². The summed E-state index contributed by atoms with van der Waals surface area (Å²) in [5.41, 5.74) is -0.0873. The third-order valence-corrected chi connectivity index (χ3v) is 5.57. The highest BCUT2D eigenvalue weighted by molar-refractivity contribution is 6.34. The first-order valence-corrected chi connectivity index (χ1v) is 11.3. The van der Waals surface area contributed by atoms with E-state index in [1.807, 2.05) is 0 Å². The van der Waals surface area contributed by atoms with Crippen LogP contribution in [0.1, 0.15) is 39.5 Å². The molecule has 3 amide bonds. The van der Waals surface area contributed by atoms with Gasteiger partial charge in [0.15, 0.2) is 12.4 Å². The number of halogens is 2. The summed E-state index contributed by atoms with van der Waals surface area (Å²) in [6.45, 7) is 2.92. The summed E-state index contributed by atoms with van der Waals surface area (Å²) >= 11 is 5.76. The van der Waals surface area contributed by atoms with Crippen LogP contribution < -0.4 is 14.5 Å². The maximum absolute atomic E-state index is 15.2. The average Bonchev–Trinajstić information content (AvgIpc) is 2.81. The van der Waals surface area contributed by atoms with Crippen LogP contribution in [0.2, 0.25) is 0 Å². The Morgan fingerprint density at radius 1 is 1.26 bits per heavy atom. The van der Waals surface area contributed by atoms with Gasteiger partial charge in [-0.25, -0.2) is 14.1 Å². The van der Waals surface area contributed by atoms with E-state index in [2.05, 4.69) is 5.92 Å². The molecule has 0 aromatic heterocycles. The van der Waals surface area contributed by atoms with Gasteiger partial charge in [-0.1, -0.05) is 5.92 Å². The molecule has 2 aliphatic rings. The van der Waals surface area contributed by atoms with Crippen LogP contribution in [0.4, 0.5) is 15.8 Å². The molecule has 0 radical (unpaired) electrons. The number of carbonyl (C=O) groups excluding carboxylic acids is 4. The van der Waals surface area contributed by atoms with Crippen LogP contribution in [-0.2, 0) is 23.9 Å². The number of fused-ring (bicyclic) bond motifs is 1. The molecule has 0 atom stereocenters. The summed E-state index contributed by atoms with van der Waals surface area (Å²) in [5, 5.41) is 0. The van der Waals surface area contributed by atoms with Crippen LogP contribution in [0.3, 0.4) is 0 Å². The molecule has 0 unspecified atom stereocenters. The molecular formula is C24H24ClFN2O6. The Balaban J connectivity index is 2.12. The molecular weight excluding hydrogens is 467 g/mol. The largest absolute Gasteiger partial charge is 0.481 e. The number of rotatable bonds is 6. The van der Waals surface area contributed by atoms with Gasteiger partial charge in [0.05, 0.1) is 24.0 Å². The minimum Gasteiger partial charge on any atom is -0.481 e. The predicted octanol–water partition coefficient (Wildman–Crippen LogP) is 3.10. The predicted molar refractivity (Wildman–Crippen MR) is 123 cm³/mol. The van der Waals surface area contributed by atoms with E-state index in [-0.39, 0.29) is 42.2 Å². The number of alkyl halides is 1. The molecule has 180 valence electrons. The molecule has 1 aliphatic heterocycles. The van der Waals surface area contributed by atoms with Gasteiger partial charge in [-0.05, 0) is 45.6 Å². The number of imide groups is 1. The first-order chi connectivity index (χ1) is 16.2. The number of esters is 1. The Labute approximate surface area is 201 Å². The first kappa shape index (κ1) is 25.2. The lowest BCUT2D eigenvalue weighted by Crippen LogP contribution is -2.42. The van der Waals surface area contributed by atoms with Gasteiger partial charge in [0.25, 0.3) is 11.8 Å². The van der Waals surface area contributed by atoms with Crippen LogP contribution >= 0.6 is 11.6 Å². The summed E-state index contributed by atoms with van der Waals surface area (Å²) in [6, 6.07) is 2.13. The zero-order valence-electron chi connectivity index (χ0n) is 18.9. The van der Waals surface area contributed by atoms with Gasteiger partial charge in [0.2, 0.25) is 5.91 Å². The summed E-state index contributed by atoms with van der Waals surface area (Å²) in [4.78, 5) is 53.0. The number of ether oxygens (including phenoxy) is 2. The fraction of sp³-hybridized carbons (Fsp3) is 0.417. The van der Waals surface area contributed by atoms with Crippen molar-refractivity contribution in [2.45, 2.75) is 45.6 Å². The Bertz CT molecular complexity index is 1110. The fourth-order valence-electron chi connectivity index (χ4n) is 3.85. The van der Waals surface area contributed by atoms with Gasteiger partial charge >= 0.3 is 5.97 Å². The van der Waals surface area contributed by atoms with Crippen molar-refractivity contribution in [2.75, 3.05) is 28.8 Å². The number of carbonyl (C=O) groups is 4. The van der Waals surface area contributed by atoms with Crippen molar-refractivity contribution in [1.82, 2.24) is 0 Å². The molecule has 0 saturated carbocycles. The second kappa shape index (κ2) is 10.7. The summed E-state index contributed by atoms with van der Waals surface area (Å²) in [6.07, 6.45) is 6.72. The van der Waals surface area contributed by atoms with Gasteiger partial charge in [-0.2, -0.15) is 0 Å². The van der Waals surface area contributed by atoms with E-state index in [0.717, 1.165) is 12.1 Å². The highest BCUT2D eigenvalue weighted by atomic mass is 35.5. The maximum Gasteiger partial charge on any atom is 0.334 e. The number of amides is 3. The lowest BCUT2D eigenvalue weighted by Gasteiger charge is -2.30. The Morgan fingerprint density at radius 2 is 1.94 bits per heavy atom. The van der Waals surface area contributed by atoms with Crippen molar-refractivity contribution in [3.63, 3.8) is 0 Å². The Hall–Kier alpha value is -3.38. The summed E-state index contributed by atoms with van der Waals surface area (Å²) in [5.74, 6) is -2.05. The number of hydrogen-bond donors (Lipinski definition) is 0. The molecule has 1 heterocycles. The van der Waals surface area contributed by atoms with Crippen molar-refractivity contribution in [2.24, 2.45) is 0 Å². The smallest absolute Gasteiger partial charge is 0.334 e. The van der Waals surface area contributed by atoms with E-state index in [4.69, 9.17) is 27.5 Å². The van der Waals surface area contributed by atoms with Gasteiger partial charge in [-0.15, -0.1) is 18.0 Å². The van der Waals surface area contributed by atoms with Gasteiger partial charge < -0.3 is 9.47 Å². The van der Waals surface area contributed by atoms with Crippen molar-refractivity contribution >= 4 is 46.7 Å². The highest BCUT2D eigenvalue weighted by Crippen LogP contribution is 2.39. The number of hydrogen-bond acceptors (Lipinski definition) is 6. The van der Waals surface area contributed by atoms with Crippen LogP contribution in [0.15, 0.2) is 23.3 Å². The van der Waals surface area contributed by atoms with E-state index in [9.17, 15) is 19.2 Å². The molecule has 0 spiro atoms. The van der Waals surface area contributed by atoms with Crippen molar-refractivity contribution < 1.29 is 33.0 Å². The van der Waals surface area contributed by atoms with E-state index in [1.165, 1.54) is 4.90 Å². The van der Waals surface area contributed by atoms with Crippen LogP contribution in [-0.4, -0.2) is 48.8 Å². The van der Waals surface area contributed by atoms with Crippen molar-refractivity contribution in [3.8, 4) is 18.1 Å². The number of terminal acetylenes is 1. The van der Waals surface area contributed by atoms with Gasteiger partial charge in [0, 0.05) is 17.2 Å². The molecule has 0 N–H and O–H groups in total. The Morgan fingerprint density at radius 3 is 2.56 bits per heavy atom. The molecule has 0 fully saturated rings. The fourth-order valence-corrected chi connectivity index (χ4v) is 3.97. The minimum absolute atomic E-state index is 0.0416. The SMILES string of the molecule is C#CCN1C(=O)COc2cc(F)c(N(C(=O)CCl)C(=O)C3=C(C(=O)OC(C)C)CCCC3)cc21. The van der Waals surface area contributed by atoms with E-state index in [1.54, 1.807) is 13.8 Å². The molecule has 1 aromatic rings. The van der Waals surface area contributed by atoms with E-state index >= 15 is 4.39 Å². The normalized spacial score (nSPS) is 15.4. The molecule has 1 aliphatic carbocycles. The van der Waals surface area contributed by atoms with Crippen molar-refractivity contribution in [1.29, 1.82) is 0 Å². The molecule has 0 bridgehead atoms. The second-order valence-electron chi connectivity index (χ2n) is 8.03. The number of nitrogens with zero attached hydrogens (tertiary/aromatic N) is 2. The lowest BCUT2D eigenvalue weighted by atomic mass is 9.90. The first-order valence-electron chi connectivity index (χ1n) is 10.8. The zero-order chi connectivity index (χ0) is 25.0. The molecule has 10 heteroatoms. The molecule has 8 nitrogen and oxygen atoms in total. The van der Waals surface area contributed by atoms with Gasteiger partial charge in [-0.3, -0.25) is 19.3 Å². The lowest BCUT2D eigenvalue weighted by molar-refractivity contribution is -0.143. The van der Waals surface area contributed by atoms with Crippen LogP contribution in [0, 0.1) is 18.2 Å². The van der Waals surface area contributed by atoms with Crippen molar-refractivity contribution in [3.05, 3.63) is 29.1 Å². The third kappa shape index (κ3) is 5.07. The average molecular weight is 491 g/mol. The molecule has 3 rings (SSSR count). The molecule has 34 heavy (non-hydrogen) atoms. The maximum atomic E-state index is 15.2. The zero-order valence-corrected chi connectivity index (χ0v) is 19.6. The van der Waals surface area contributed by atoms with Crippen LogP contribution in [0.5, 0.6) is 5.75 Å². The highest BCUT2D eigenvalue weighted by Gasteiger charge is 2.35. The summed E-state index contributed by atoms with van der Waals surface area (Å²) < 4.78 is 25.7. The topological polar surface area (TPSA) is 93.2 Å². The third-order valence-electron chi connectivity index (χ3n) is 5.34. The molecule has 0 saturated heterocycles. The number of anilines is 2. The van der Waals surface area contributed by atoms with Crippen LogP contribution in [0.25, 0.3) is 0 Å². The minimum atomic E-state index is -0.941. The monoisotopic (exact) mass is 490 g/mol. The van der Waals surface area contributed by atoms with Gasteiger partial charge in [0.1, 0.15) is 11.6 Å². The van der Waals surface area contributed by atoms with E-state index in [0.29, 0.717) is 24.2 Å². The second-order valence-corrected chi connectivity index (χ2v) is 8.30. The standard InChI is InChI=1S/C24H24ClFN2O6/c1-4-9-27-19-11-18(17(26)10-20(19)33-13-22(27)30)28(21(29)12-25)23(31)15-7-5-6-8-16(15)24(32)34-14(2)3/h1,10-11,14H,5-9,12-13H2,2-3H3. The molecule has 1 aromatic carbocycles. The number of benzene rings is 1. The summed E-state index contributed by atoms with van der Waals surface area (Å²) in [7, 11) is 0. The quantitative estimate of drug-likeness (QED) is 0.345. The Kier molecular flexibility index (Phi) is 7.94.